The second kappa shape index (κ2) is 6.97. The number of hydrogen-bond acceptors (Lipinski definition) is 5. The Labute approximate surface area is 100.0 Å². The van der Waals surface area contributed by atoms with Crippen molar-refractivity contribution in [1.82, 2.24) is 20.3 Å². The molecule has 1 atom stereocenters. The van der Waals surface area contributed by atoms with E-state index >= 15 is 0 Å². The highest BCUT2D eigenvalue weighted by Gasteiger charge is 2.06. The Bertz CT molecular complexity index is 352. The van der Waals surface area contributed by atoms with Crippen LogP contribution in [0.1, 0.15) is 25.5 Å². The summed E-state index contributed by atoms with van der Waals surface area (Å²) in [4.78, 5) is 10.7. The summed E-state index contributed by atoms with van der Waals surface area (Å²) in [5.74, 6) is -0.323. The smallest absolute Gasteiger partial charge is 0.218 e. The van der Waals surface area contributed by atoms with Gasteiger partial charge in [-0.1, -0.05) is 5.21 Å². The quantitative estimate of drug-likeness (QED) is 0.542. The first-order valence-electron chi connectivity index (χ1n) is 5.63. The van der Waals surface area contributed by atoms with Crippen LogP contribution in [0, 0.1) is 0 Å². The van der Waals surface area contributed by atoms with Gasteiger partial charge in [0.1, 0.15) is 0 Å². The number of aromatic nitrogens is 3. The number of nitrogens with two attached hydrogens (primary N) is 1. The lowest BCUT2D eigenvalue weighted by atomic mass is 10.2. The van der Waals surface area contributed by atoms with Gasteiger partial charge in [-0.3, -0.25) is 9.48 Å². The maximum atomic E-state index is 10.7. The van der Waals surface area contributed by atoms with E-state index in [2.05, 4.69) is 15.6 Å². The molecule has 7 nitrogen and oxygen atoms in total. The number of primary amides is 1. The van der Waals surface area contributed by atoms with Gasteiger partial charge in [-0.2, -0.15) is 0 Å². The molecule has 4 N–H and O–H groups in total. The zero-order valence-corrected chi connectivity index (χ0v) is 9.96. The van der Waals surface area contributed by atoms with Crippen LogP contribution >= 0.6 is 0 Å². The summed E-state index contributed by atoms with van der Waals surface area (Å²) in [5.41, 5.74) is 5.89. The highest BCUT2D eigenvalue weighted by molar-refractivity contribution is 5.74. The van der Waals surface area contributed by atoms with Crippen molar-refractivity contribution in [2.45, 2.75) is 38.9 Å². The molecule has 0 radical (unpaired) electrons. The van der Waals surface area contributed by atoms with Crippen molar-refractivity contribution in [3.8, 4) is 0 Å². The monoisotopic (exact) mass is 241 g/mol. The molecule has 17 heavy (non-hydrogen) atoms. The Balaban J connectivity index is 2.31. The highest BCUT2D eigenvalue weighted by Crippen LogP contribution is 1.96. The zero-order valence-electron chi connectivity index (χ0n) is 9.96. The van der Waals surface area contributed by atoms with E-state index in [0.29, 0.717) is 25.9 Å². The van der Waals surface area contributed by atoms with Gasteiger partial charge in [-0.15, -0.1) is 5.10 Å². The first-order chi connectivity index (χ1) is 8.11. The van der Waals surface area contributed by atoms with Gasteiger partial charge in [-0.05, 0) is 13.3 Å². The summed E-state index contributed by atoms with van der Waals surface area (Å²) in [6.07, 6.45) is 2.78. The molecule has 96 valence electrons. The van der Waals surface area contributed by atoms with E-state index < -0.39 is 0 Å². The third-order valence-corrected chi connectivity index (χ3v) is 2.27. The van der Waals surface area contributed by atoms with Gasteiger partial charge in [0.15, 0.2) is 0 Å². The van der Waals surface area contributed by atoms with Crippen LogP contribution in [0.25, 0.3) is 0 Å². The van der Waals surface area contributed by atoms with Gasteiger partial charge in [0, 0.05) is 38.4 Å². The van der Waals surface area contributed by atoms with Crippen LogP contribution < -0.4 is 11.1 Å². The summed E-state index contributed by atoms with van der Waals surface area (Å²) in [6.45, 7) is 3.23. The molecule has 0 aliphatic rings. The second-order valence-electron chi connectivity index (χ2n) is 4.00. The fraction of sp³-hybridized carbons (Fsp3) is 0.700. The molecule has 7 heteroatoms. The lowest BCUT2D eigenvalue weighted by molar-refractivity contribution is -0.118. The van der Waals surface area contributed by atoms with E-state index in [0.717, 1.165) is 5.69 Å². The van der Waals surface area contributed by atoms with Crippen LogP contribution in [0.2, 0.25) is 0 Å². The van der Waals surface area contributed by atoms with Crippen molar-refractivity contribution in [1.29, 1.82) is 0 Å². The number of aliphatic hydroxyl groups excluding tert-OH is 1. The number of carbonyl (C=O) groups excluding carboxylic acids is 1. The molecule has 1 heterocycles. The molecule has 0 bridgehead atoms. The molecule has 0 aliphatic carbocycles. The summed E-state index contributed by atoms with van der Waals surface area (Å²) in [7, 11) is 0. The van der Waals surface area contributed by atoms with E-state index in [1.54, 1.807) is 4.68 Å². The average molecular weight is 241 g/mol. The van der Waals surface area contributed by atoms with Crippen molar-refractivity contribution in [3.05, 3.63) is 11.9 Å². The minimum Gasteiger partial charge on any atom is -0.396 e. The average Bonchev–Trinajstić information content (AvgIpc) is 2.70. The van der Waals surface area contributed by atoms with Gasteiger partial charge in [0.2, 0.25) is 5.91 Å². The minimum absolute atomic E-state index is 0.0232. The summed E-state index contributed by atoms with van der Waals surface area (Å²) in [6, 6.07) is 0.0232. The predicted octanol–water partition coefficient (Wildman–Crippen LogP) is -0.986. The van der Waals surface area contributed by atoms with E-state index in [1.165, 1.54) is 0 Å². The Morgan fingerprint density at radius 1 is 1.71 bits per heavy atom. The number of aliphatic hydroxyl groups is 1. The van der Waals surface area contributed by atoms with Crippen molar-refractivity contribution in [2.75, 3.05) is 6.61 Å². The third kappa shape index (κ3) is 5.41. The van der Waals surface area contributed by atoms with Crippen LogP contribution in [-0.4, -0.2) is 38.7 Å². The summed E-state index contributed by atoms with van der Waals surface area (Å²) >= 11 is 0. The molecule has 0 aromatic carbocycles. The minimum atomic E-state index is -0.323. The maximum Gasteiger partial charge on any atom is 0.218 e. The number of carbonyl (C=O) groups is 1. The van der Waals surface area contributed by atoms with Crippen LogP contribution in [0.5, 0.6) is 0 Å². The van der Waals surface area contributed by atoms with E-state index in [-0.39, 0.29) is 18.6 Å². The largest absolute Gasteiger partial charge is 0.396 e. The SMILES string of the molecule is CC(CC(N)=O)NCc1cn(CCCO)nn1. The Kier molecular flexibility index (Phi) is 5.58. The van der Waals surface area contributed by atoms with Crippen molar-refractivity contribution >= 4 is 5.91 Å². The van der Waals surface area contributed by atoms with Crippen LogP contribution in [0.3, 0.4) is 0 Å². The Morgan fingerprint density at radius 2 is 2.47 bits per heavy atom. The predicted molar refractivity (Wildman–Crippen MR) is 61.8 cm³/mol. The van der Waals surface area contributed by atoms with E-state index in [4.69, 9.17) is 10.8 Å². The topological polar surface area (TPSA) is 106 Å². The van der Waals surface area contributed by atoms with Crippen molar-refractivity contribution in [2.24, 2.45) is 5.73 Å². The third-order valence-electron chi connectivity index (χ3n) is 2.27. The Morgan fingerprint density at radius 3 is 3.12 bits per heavy atom. The molecular formula is C10H19N5O2. The normalized spacial score (nSPS) is 12.6. The van der Waals surface area contributed by atoms with Crippen molar-refractivity contribution < 1.29 is 9.90 Å². The number of nitrogens with one attached hydrogen (secondary N) is 1. The number of aryl methyl sites for hydroxylation is 1. The second-order valence-corrected chi connectivity index (χ2v) is 4.00. The maximum absolute atomic E-state index is 10.7. The molecule has 0 fully saturated rings. The first-order valence-corrected chi connectivity index (χ1v) is 5.63. The Hall–Kier alpha value is -1.47. The molecule has 0 saturated carbocycles. The molecule has 0 spiro atoms. The molecule has 1 unspecified atom stereocenters. The van der Waals surface area contributed by atoms with Crippen LogP contribution in [0.15, 0.2) is 6.20 Å². The fourth-order valence-corrected chi connectivity index (χ4v) is 1.41. The number of amides is 1. The summed E-state index contributed by atoms with van der Waals surface area (Å²) < 4.78 is 1.69. The molecule has 1 aromatic heterocycles. The zero-order chi connectivity index (χ0) is 12.7. The molecule has 0 saturated heterocycles. The number of nitrogens with zero attached hydrogens (tertiary/aromatic N) is 3. The lowest BCUT2D eigenvalue weighted by Gasteiger charge is -2.09. The van der Waals surface area contributed by atoms with Gasteiger partial charge in [0.05, 0.1) is 5.69 Å². The van der Waals surface area contributed by atoms with Crippen LogP contribution in [-0.2, 0) is 17.9 Å². The van der Waals surface area contributed by atoms with Gasteiger partial charge >= 0.3 is 0 Å². The van der Waals surface area contributed by atoms with Gasteiger partial charge < -0.3 is 16.2 Å². The standard InChI is InChI=1S/C10H19N5O2/c1-8(5-10(11)17)12-6-9-7-15(14-13-9)3-2-4-16/h7-8,12,16H,2-6H2,1H3,(H2,11,17). The molecule has 0 aliphatic heterocycles. The van der Waals surface area contributed by atoms with E-state index in [9.17, 15) is 4.79 Å². The lowest BCUT2D eigenvalue weighted by Crippen LogP contribution is -2.30. The van der Waals surface area contributed by atoms with Gasteiger partial charge in [0.25, 0.3) is 0 Å². The fourth-order valence-electron chi connectivity index (χ4n) is 1.41. The van der Waals surface area contributed by atoms with E-state index in [1.807, 2.05) is 13.1 Å². The number of hydrogen-bond donors (Lipinski definition) is 3. The highest BCUT2D eigenvalue weighted by atomic mass is 16.3. The van der Waals surface area contributed by atoms with Gasteiger partial charge in [-0.25, -0.2) is 0 Å². The van der Waals surface area contributed by atoms with Crippen molar-refractivity contribution in [3.63, 3.8) is 0 Å². The van der Waals surface area contributed by atoms with Crippen LogP contribution in [0.4, 0.5) is 0 Å². The molecule has 1 aromatic rings. The molecular weight excluding hydrogens is 222 g/mol. The summed E-state index contributed by atoms with van der Waals surface area (Å²) in [5, 5.41) is 19.7. The first kappa shape index (κ1) is 13.6. The molecule has 1 amide bonds. The molecule has 1 rings (SSSR count). The number of rotatable bonds is 8.